The Hall–Kier alpha value is -3.92. The van der Waals surface area contributed by atoms with Gasteiger partial charge in [-0.25, -0.2) is 9.97 Å². The van der Waals surface area contributed by atoms with Gasteiger partial charge in [0.05, 0.1) is 0 Å². The number of aryl methyl sites for hydroxylation is 2. The van der Waals surface area contributed by atoms with Gasteiger partial charge in [0.2, 0.25) is 0 Å². The van der Waals surface area contributed by atoms with Crippen LogP contribution in [-0.2, 0) is 18.4 Å². The normalized spacial score (nSPS) is 11.0. The lowest BCUT2D eigenvalue weighted by Crippen LogP contribution is -2.38. The molecule has 0 spiro atoms. The smallest absolute Gasteiger partial charge is 0.121 e. The second-order valence-corrected chi connectivity index (χ2v) is 7.76. The largest absolute Gasteiger partial charge is 0.349 e. The number of imidazole rings is 2. The van der Waals surface area contributed by atoms with Gasteiger partial charge >= 0.3 is 0 Å². The molecule has 0 saturated carbocycles. The predicted molar refractivity (Wildman–Crippen MR) is 134 cm³/mol. The van der Waals surface area contributed by atoms with Crippen LogP contribution in [0, 0.1) is 0 Å². The third kappa shape index (κ3) is 4.51. The average Bonchev–Trinajstić information content (AvgIpc) is 3.60. The molecule has 0 amide bonds. The van der Waals surface area contributed by atoms with Crippen molar-refractivity contribution in [2.24, 2.45) is 0 Å². The summed E-state index contributed by atoms with van der Waals surface area (Å²) in [4.78, 5) is 11.6. The summed E-state index contributed by atoms with van der Waals surface area (Å²) in [5.41, 5.74) is 3.23. The summed E-state index contributed by atoms with van der Waals surface area (Å²) in [5, 5.41) is 0. The number of aromatic nitrogens is 4. The summed E-state index contributed by atoms with van der Waals surface area (Å²) >= 11 is 0. The Labute approximate surface area is 196 Å². The van der Waals surface area contributed by atoms with E-state index in [1.165, 1.54) is 16.7 Å². The van der Waals surface area contributed by atoms with E-state index < -0.39 is 5.54 Å². The first-order valence-corrected chi connectivity index (χ1v) is 11.5. The molecule has 2 heterocycles. The molecular formula is C29H30N4. The number of H-pyrrole nitrogens is 1. The monoisotopic (exact) mass is 434 g/mol. The number of nitrogens with zero attached hydrogens (tertiary/aromatic N) is 3. The van der Waals surface area contributed by atoms with Gasteiger partial charge in [-0.05, 0) is 16.7 Å². The quantitative estimate of drug-likeness (QED) is 0.321. The summed E-state index contributed by atoms with van der Waals surface area (Å²) in [5.74, 6) is 2.13. The SMILES string of the molecule is CCc1ncc[nH]1.CCc1nccn1C(c1ccccc1)(c1ccccc1)c1ccccc1. The van der Waals surface area contributed by atoms with Gasteiger partial charge in [-0.2, -0.15) is 0 Å². The van der Waals surface area contributed by atoms with Gasteiger partial charge in [0.25, 0.3) is 0 Å². The Bertz CT molecular complexity index is 1110. The minimum atomic E-state index is -0.453. The maximum Gasteiger partial charge on any atom is 0.121 e. The lowest BCUT2D eigenvalue weighted by molar-refractivity contribution is 0.494. The zero-order chi connectivity index (χ0) is 22.9. The Kier molecular flexibility index (Phi) is 7.16. The molecule has 0 saturated heterocycles. The minimum Gasteiger partial charge on any atom is -0.349 e. The molecule has 0 radical (unpaired) electrons. The molecule has 0 atom stereocenters. The van der Waals surface area contributed by atoms with Crippen molar-refractivity contribution < 1.29 is 0 Å². The van der Waals surface area contributed by atoms with Gasteiger partial charge in [0.1, 0.15) is 17.2 Å². The average molecular weight is 435 g/mol. The molecule has 5 aromatic rings. The van der Waals surface area contributed by atoms with Gasteiger partial charge in [-0.15, -0.1) is 0 Å². The number of benzene rings is 3. The van der Waals surface area contributed by atoms with Crippen LogP contribution < -0.4 is 0 Å². The fourth-order valence-electron chi connectivity index (χ4n) is 4.35. The molecule has 0 bridgehead atoms. The molecule has 33 heavy (non-hydrogen) atoms. The number of nitrogens with one attached hydrogen (secondary N) is 1. The van der Waals surface area contributed by atoms with E-state index in [2.05, 4.69) is 131 Å². The fraction of sp³-hybridized carbons (Fsp3) is 0.172. The highest BCUT2D eigenvalue weighted by molar-refractivity contribution is 5.51. The molecule has 2 aromatic heterocycles. The van der Waals surface area contributed by atoms with Crippen LogP contribution >= 0.6 is 0 Å². The summed E-state index contributed by atoms with van der Waals surface area (Å²) in [6.07, 6.45) is 9.47. The Morgan fingerprint density at radius 2 is 1.18 bits per heavy atom. The van der Waals surface area contributed by atoms with Crippen molar-refractivity contribution in [3.8, 4) is 0 Å². The van der Waals surface area contributed by atoms with Crippen LogP contribution in [0.15, 0.2) is 116 Å². The van der Waals surface area contributed by atoms with Crippen LogP contribution in [0.5, 0.6) is 0 Å². The van der Waals surface area contributed by atoms with E-state index in [1.807, 2.05) is 12.4 Å². The highest BCUT2D eigenvalue weighted by Crippen LogP contribution is 2.41. The maximum absolute atomic E-state index is 4.64. The van der Waals surface area contributed by atoms with Gasteiger partial charge < -0.3 is 9.55 Å². The van der Waals surface area contributed by atoms with E-state index in [-0.39, 0.29) is 0 Å². The van der Waals surface area contributed by atoms with Crippen molar-refractivity contribution in [3.63, 3.8) is 0 Å². The van der Waals surface area contributed by atoms with Crippen LogP contribution in [0.25, 0.3) is 0 Å². The second-order valence-electron chi connectivity index (χ2n) is 7.76. The fourth-order valence-corrected chi connectivity index (χ4v) is 4.35. The molecule has 0 aliphatic carbocycles. The molecule has 0 fully saturated rings. The second kappa shape index (κ2) is 10.6. The van der Waals surface area contributed by atoms with Crippen molar-refractivity contribution >= 4 is 0 Å². The molecule has 5 rings (SSSR count). The number of rotatable bonds is 6. The summed E-state index contributed by atoms with van der Waals surface area (Å²) in [6, 6.07) is 32.1. The summed E-state index contributed by atoms with van der Waals surface area (Å²) in [6.45, 7) is 4.23. The van der Waals surface area contributed by atoms with E-state index in [0.717, 1.165) is 24.5 Å². The molecule has 4 nitrogen and oxygen atoms in total. The van der Waals surface area contributed by atoms with E-state index in [0.29, 0.717) is 0 Å². The first kappa shape index (κ1) is 22.3. The molecule has 166 valence electrons. The summed E-state index contributed by atoms with van der Waals surface area (Å²) < 4.78 is 2.33. The summed E-state index contributed by atoms with van der Waals surface area (Å²) in [7, 11) is 0. The van der Waals surface area contributed by atoms with Gasteiger partial charge in [-0.3, -0.25) is 0 Å². The highest BCUT2D eigenvalue weighted by Gasteiger charge is 2.39. The number of aromatic amines is 1. The highest BCUT2D eigenvalue weighted by atomic mass is 15.1. The van der Waals surface area contributed by atoms with E-state index in [4.69, 9.17) is 0 Å². The van der Waals surface area contributed by atoms with Crippen LogP contribution in [0.3, 0.4) is 0 Å². The number of hydrogen-bond acceptors (Lipinski definition) is 2. The molecule has 3 aromatic carbocycles. The standard InChI is InChI=1S/C24H22N2.C5H8N2/c1-2-23-25-18-19-26(23)24(20-12-6-3-7-13-20,21-14-8-4-9-15-21)22-16-10-5-11-17-22;1-2-5-6-3-4-7-5/h3-19H,2H2,1H3;3-4H,2H2,1H3,(H,6,7). The third-order valence-electron chi connectivity index (χ3n) is 5.86. The van der Waals surface area contributed by atoms with Crippen molar-refractivity contribution in [1.29, 1.82) is 0 Å². The Morgan fingerprint density at radius 1 is 0.667 bits per heavy atom. The van der Waals surface area contributed by atoms with E-state index in [9.17, 15) is 0 Å². The minimum absolute atomic E-state index is 0.453. The van der Waals surface area contributed by atoms with Crippen molar-refractivity contribution in [3.05, 3.63) is 144 Å². The molecule has 0 unspecified atom stereocenters. The predicted octanol–water partition coefficient (Wildman–Crippen LogP) is 6.26. The van der Waals surface area contributed by atoms with Gasteiger partial charge in [0, 0.05) is 37.6 Å². The lowest BCUT2D eigenvalue weighted by Gasteiger charge is -2.38. The first-order valence-electron chi connectivity index (χ1n) is 11.5. The number of hydrogen-bond donors (Lipinski definition) is 1. The molecule has 1 N–H and O–H groups in total. The van der Waals surface area contributed by atoms with Crippen LogP contribution in [-0.4, -0.2) is 19.5 Å². The Morgan fingerprint density at radius 3 is 1.55 bits per heavy atom. The van der Waals surface area contributed by atoms with Crippen molar-refractivity contribution in [2.75, 3.05) is 0 Å². The van der Waals surface area contributed by atoms with Crippen LogP contribution in [0.4, 0.5) is 0 Å². The van der Waals surface area contributed by atoms with E-state index in [1.54, 1.807) is 6.20 Å². The Balaban J connectivity index is 0.000000318. The van der Waals surface area contributed by atoms with Gasteiger partial charge in [0.15, 0.2) is 0 Å². The lowest BCUT2D eigenvalue weighted by atomic mass is 9.76. The first-order chi connectivity index (χ1) is 16.3. The molecule has 4 heteroatoms. The van der Waals surface area contributed by atoms with Crippen molar-refractivity contribution in [2.45, 2.75) is 32.2 Å². The van der Waals surface area contributed by atoms with Gasteiger partial charge in [-0.1, -0.05) is 105 Å². The molecule has 0 aliphatic rings. The molecular weight excluding hydrogens is 404 g/mol. The van der Waals surface area contributed by atoms with Crippen LogP contribution in [0.2, 0.25) is 0 Å². The zero-order valence-corrected chi connectivity index (χ0v) is 19.2. The third-order valence-corrected chi connectivity index (χ3v) is 5.86. The van der Waals surface area contributed by atoms with Crippen LogP contribution in [0.1, 0.15) is 42.2 Å². The zero-order valence-electron chi connectivity index (χ0n) is 19.2. The van der Waals surface area contributed by atoms with Crippen molar-refractivity contribution in [1.82, 2.24) is 19.5 Å². The maximum atomic E-state index is 4.64. The topological polar surface area (TPSA) is 46.5 Å². The molecule has 0 aliphatic heterocycles. The van der Waals surface area contributed by atoms with E-state index >= 15 is 0 Å².